The van der Waals surface area contributed by atoms with Gasteiger partial charge >= 0.3 is 0 Å². The minimum atomic E-state index is -0.171. The molecular weight excluding hydrogens is 472 g/mol. The Labute approximate surface area is 217 Å². The van der Waals surface area contributed by atoms with Gasteiger partial charge in [0.05, 0.1) is 19.3 Å². The number of amides is 1. The van der Waals surface area contributed by atoms with Gasteiger partial charge in [0.25, 0.3) is 5.91 Å². The summed E-state index contributed by atoms with van der Waals surface area (Å²) in [5, 5.41) is 3.47. The molecule has 6 nitrogen and oxygen atoms in total. The van der Waals surface area contributed by atoms with Gasteiger partial charge in [-0.15, -0.1) is 0 Å². The summed E-state index contributed by atoms with van der Waals surface area (Å²) in [5.41, 5.74) is 3.26. The summed E-state index contributed by atoms with van der Waals surface area (Å²) in [6.07, 6.45) is 1.79. The van der Waals surface area contributed by atoms with Crippen molar-refractivity contribution in [3.05, 3.63) is 95.2 Å². The maximum absolute atomic E-state index is 13.1. The predicted molar refractivity (Wildman–Crippen MR) is 145 cm³/mol. The first kappa shape index (κ1) is 25.3. The Morgan fingerprint density at radius 1 is 0.917 bits per heavy atom. The standard InChI is InChI=1S/C29H30N2O4S/c1-4-33-26-15-14-22(18-27(26)34-5-2)19-35-24-13-9-10-21(16-24)17-25-28(32)31(29(36)30-25)20(3)23-11-7-6-8-12-23/h6-18,20H,4-5,19H2,1-3H3,(H,30,36)/b25-17-. The van der Waals surface area contributed by atoms with Crippen molar-refractivity contribution < 1.29 is 19.0 Å². The number of hydrogen-bond donors (Lipinski definition) is 1. The molecule has 1 unspecified atom stereocenters. The summed E-state index contributed by atoms with van der Waals surface area (Å²) in [6.45, 7) is 7.35. The number of benzene rings is 3. The van der Waals surface area contributed by atoms with Gasteiger partial charge in [-0.25, -0.2) is 0 Å². The van der Waals surface area contributed by atoms with Gasteiger partial charge in [0.1, 0.15) is 18.1 Å². The van der Waals surface area contributed by atoms with Crippen molar-refractivity contribution in [1.82, 2.24) is 10.2 Å². The van der Waals surface area contributed by atoms with E-state index in [2.05, 4.69) is 5.32 Å². The molecule has 1 heterocycles. The van der Waals surface area contributed by atoms with Crippen LogP contribution in [0.1, 0.15) is 43.5 Å². The Morgan fingerprint density at radius 3 is 2.42 bits per heavy atom. The fraction of sp³-hybridized carbons (Fsp3) is 0.241. The second kappa shape index (κ2) is 11.7. The molecule has 186 valence electrons. The maximum atomic E-state index is 13.1. The third-order valence-corrected chi connectivity index (χ3v) is 6.06. The van der Waals surface area contributed by atoms with Gasteiger partial charge < -0.3 is 19.5 Å². The summed E-state index contributed by atoms with van der Waals surface area (Å²) in [7, 11) is 0. The van der Waals surface area contributed by atoms with Gasteiger partial charge in [0, 0.05) is 0 Å². The predicted octanol–water partition coefficient (Wildman–Crippen LogP) is 5.88. The quantitative estimate of drug-likeness (QED) is 0.276. The van der Waals surface area contributed by atoms with Crippen LogP contribution in [0.25, 0.3) is 6.08 Å². The van der Waals surface area contributed by atoms with E-state index < -0.39 is 0 Å². The summed E-state index contributed by atoms with van der Waals surface area (Å²) in [6, 6.07) is 23.1. The van der Waals surface area contributed by atoms with Crippen LogP contribution < -0.4 is 19.5 Å². The van der Waals surface area contributed by atoms with E-state index in [0.717, 1.165) is 22.4 Å². The fourth-order valence-corrected chi connectivity index (χ4v) is 4.34. The third-order valence-electron chi connectivity index (χ3n) is 5.76. The minimum absolute atomic E-state index is 0.152. The highest BCUT2D eigenvalue weighted by atomic mass is 32.1. The first-order valence-corrected chi connectivity index (χ1v) is 12.4. The molecule has 1 amide bonds. The van der Waals surface area contributed by atoms with Crippen molar-refractivity contribution in [3.63, 3.8) is 0 Å². The number of thiocarbonyl (C=S) groups is 1. The van der Waals surface area contributed by atoms with Gasteiger partial charge in [-0.1, -0.05) is 48.5 Å². The fourth-order valence-electron chi connectivity index (χ4n) is 3.99. The van der Waals surface area contributed by atoms with E-state index in [-0.39, 0.29) is 11.9 Å². The second-order valence-electron chi connectivity index (χ2n) is 8.26. The van der Waals surface area contributed by atoms with Crippen LogP contribution in [-0.4, -0.2) is 29.1 Å². The highest BCUT2D eigenvalue weighted by molar-refractivity contribution is 7.80. The molecule has 1 aliphatic heterocycles. The zero-order valence-corrected chi connectivity index (χ0v) is 21.5. The molecule has 0 aromatic heterocycles. The molecule has 3 aromatic carbocycles. The summed E-state index contributed by atoms with van der Waals surface area (Å²) in [4.78, 5) is 14.8. The van der Waals surface area contributed by atoms with Crippen LogP contribution in [0.5, 0.6) is 17.2 Å². The summed E-state index contributed by atoms with van der Waals surface area (Å²) < 4.78 is 17.4. The Kier molecular flexibility index (Phi) is 8.23. The first-order valence-electron chi connectivity index (χ1n) is 12.0. The smallest absolute Gasteiger partial charge is 0.277 e. The van der Waals surface area contributed by atoms with E-state index in [1.807, 2.05) is 93.6 Å². The molecule has 0 spiro atoms. The lowest BCUT2D eigenvalue weighted by Gasteiger charge is -2.23. The van der Waals surface area contributed by atoms with E-state index in [1.54, 1.807) is 11.0 Å². The lowest BCUT2D eigenvalue weighted by atomic mass is 10.1. The minimum Gasteiger partial charge on any atom is -0.490 e. The molecule has 1 saturated heterocycles. The average Bonchev–Trinajstić information content (AvgIpc) is 3.17. The highest BCUT2D eigenvalue weighted by Gasteiger charge is 2.34. The molecule has 4 rings (SSSR count). The van der Waals surface area contributed by atoms with Crippen LogP contribution in [0.2, 0.25) is 0 Å². The Balaban J connectivity index is 1.46. The molecule has 1 atom stereocenters. The average molecular weight is 503 g/mol. The molecule has 0 radical (unpaired) electrons. The molecule has 36 heavy (non-hydrogen) atoms. The Morgan fingerprint density at radius 2 is 1.67 bits per heavy atom. The van der Waals surface area contributed by atoms with Gasteiger partial charge in [-0.2, -0.15) is 0 Å². The molecule has 1 fully saturated rings. The van der Waals surface area contributed by atoms with E-state index in [9.17, 15) is 4.79 Å². The number of nitrogens with one attached hydrogen (secondary N) is 1. The lowest BCUT2D eigenvalue weighted by molar-refractivity contribution is -0.123. The first-order chi connectivity index (χ1) is 17.5. The number of rotatable bonds is 10. The molecule has 1 N–H and O–H groups in total. The van der Waals surface area contributed by atoms with E-state index >= 15 is 0 Å². The molecular formula is C29H30N2O4S. The Hall–Kier alpha value is -3.84. The summed E-state index contributed by atoms with van der Waals surface area (Å²) >= 11 is 5.47. The molecule has 3 aromatic rings. The number of nitrogens with zero attached hydrogens (tertiary/aromatic N) is 1. The van der Waals surface area contributed by atoms with Crippen molar-refractivity contribution in [2.45, 2.75) is 33.4 Å². The highest BCUT2D eigenvalue weighted by Crippen LogP contribution is 2.30. The third kappa shape index (κ3) is 5.86. The molecule has 0 saturated carbocycles. The zero-order chi connectivity index (χ0) is 25.5. The number of ether oxygens (including phenoxy) is 3. The molecule has 7 heteroatoms. The largest absolute Gasteiger partial charge is 0.490 e. The summed E-state index contributed by atoms with van der Waals surface area (Å²) in [5.74, 6) is 1.97. The van der Waals surface area contributed by atoms with Crippen molar-refractivity contribution in [2.75, 3.05) is 13.2 Å². The van der Waals surface area contributed by atoms with Crippen molar-refractivity contribution in [3.8, 4) is 17.2 Å². The van der Waals surface area contributed by atoms with Crippen LogP contribution in [0.3, 0.4) is 0 Å². The van der Waals surface area contributed by atoms with E-state index in [0.29, 0.717) is 42.1 Å². The molecule has 1 aliphatic rings. The van der Waals surface area contributed by atoms with E-state index in [4.69, 9.17) is 26.4 Å². The van der Waals surface area contributed by atoms with Crippen molar-refractivity contribution in [2.24, 2.45) is 0 Å². The van der Waals surface area contributed by atoms with E-state index in [1.165, 1.54) is 0 Å². The Bertz CT molecular complexity index is 1260. The van der Waals surface area contributed by atoms with Gasteiger partial charge in [-0.3, -0.25) is 9.69 Å². The monoisotopic (exact) mass is 502 g/mol. The molecule has 0 bridgehead atoms. The zero-order valence-electron chi connectivity index (χ0n) is 20.7. The second-order valence-corrected chi connectivity index (χ2v) is 8.64. The number of carbonyl (C=O) groups is 1. The van der Waals surface area contributed by atoms with Crippen molar-refractivity contribution in [1.29, 1.82) is 0 Å². The molecule has 0 aliphatic carbocycles. The lowest BCUT2D eigenvalue weighted by Crippen LogP contribution is -2.33. The van der Waals surface area contributed by atoms with Crippen LogP contribution in [0.15, 0.2) is 78.5 Å². The van der Waals surface area contributed by atoms with Crippen LogP contribution in [0, 0.1) is 0 Å². The van der Waals surface area contributed by atoms with Gasteiger partial charge in [0.15, 0.2) is 16.6 Å². The topological polar surface area (TPSA) is 60.0 Å². The van der Waals surface area contributed by atoms with Crippen LogP contribution >= 0.6 is 12.2 Å². The normalized spacial score (nSPS) is 15.1. The number of carbonyl (C=O) groups excluding carboxylic acids is 1. The SMILES string of the molecule is CCOc1ccc(COc2cccc(/C=C3\NC(=S)N(C(C)c4ccccc4)C3=O)c2)cc1OCC. The van der Waals surface area contributed by atoms with Crippen molar-refractivity contribution >= 4 is 29.3 Å². The maximum Gasteiger partial charge on any atom is 0.277 e. The van der Waals surface area contributed by atoms with Crippen LogP contribution in [-0.2, 0) is 11.4 Å². The van der Waals surface area contributed by atoms with Gasteiger partial charge in [-0.05, 0) is 80.0 Å². The van der Waals surface area contributed by atoms with Crippen LogP contribution in [0.4, 0.5) is 0 Å². The van der Waals surface area contributed by atoms with Gasteiger partial charge in [0.2, 0.25) is 0 Å². The number of hydrogen-bond acceptors (Lipinski definition) is 5.